The first-order valence-corrected chi connectivity index (χ1v) is 10.6. The number of likely N-dealkylation sites (tertiary alicyclic amines) is 1. The van der Waals surface area contributed by atoms with Gasteiger partial charge in [0.1, 0.15) is 0 Å². The summed E-state index contributed by atoms with van der Waals surface area (Å²) in [6.07, 6.45) is 6.61. The number of nitrogens with one attached hydrogen (secondary N) is 1. The van der Waals surface area contributed by atoms with Gasteiger partial charge in [-0.1, -0.05) is 12.1 Å². The van der Waals surface area contributed by atoms with Crippen LogP contribution < -0.4 is 5.32 Å². The number of hydrogen-bond acceptors (Lipinski definition) is 4. The van der Waals surface area contributed by atoms with Gasteiger partial charge in [-0.3, -0.25) is 9.59 Å². The molecule has 152 valence electrons. The molecule has 0 bridgehead atoms. The summed E-state index contributed by atoms with van der Waals surface area (Å²) in [7, 11) is 1.60. The van der Waals surface area contributed by atoms with E-state index < -0.39 is 0 Å². The van der Waals surface area contributed by atoms with Gasteiger partial charge in [0.2, 0.25) is 0 Å². The summed E-state index contributed by atoms with van der Waals surface area (Å²) >= 11 is 0. The largest absolute Gasteiger partial charge is 0.396 e. The van der Waals surface area contributed by atoms with Crippen molar-refractivity contribution in [2.75, 3.05) is 26.7 Å². The number of aliphatic hydroxyl groups excluding tert-OH is 1. The Bertz CT molecular complexity index is 735. The number of fused-ring (bicyclic) bond motifs is 1. The third-order valence-electron chi connectivity index (χ3n) is 6.97. The van der Waals surface area contributed by atoms with Crippen molar-refractivity contribution in [2.24, 2.45) is 5.92 Å². The van der Waals surface area contributed by atoms with Crippen LogP contribution in [-0.4, -0.2) is 65.5 Å². The molecule has 1 aromatic carbocycles. The zero-order valence-corrected chi connectivity index (χ0v) is 16.7. The number of rotatable bonds is 4. The van der Waals surface area contributed by atoms with E-state index in [-0.39, 0.29) is 17.9 Å². The second-order valence-corrected chi connectivity index (χ2v) is 8.48. The minimum atomic E-state index is -0.194. The Kier molecular flexibility index (Phi) is 5.69. The molecule has 1 saturated heterocycles. The summed E-state index contributed by atoms with van der Waals surface area (Å²) in [5, 5.41) is 12.0. The Labute approximate surface area is 166 Å². The van der Waals surface area contributed by atoms with Crippen molar-refractivity contribution in [3.8, 4) is 0 Å². The Morgan fingerprint density at radius 1 is 1.11 bits per heavy atom. The number of benzene rings is 1. The summed E-state index contributed by atoms with van der Waals surface area (Å²) in [6.45, 7) is 3.00. The molecule has 2 fully saturated rings. The third-order valence-corrected chi connectivity index (χ3v) is 6.97. The van der Waals surface area contributed by atoms with E-state index >= 15 is 0 Å². The zero-order valence-electron chi connectivity index (χ0n) is 16.7. The first-order valence-electron chi connectivity index (χ1n) is 10.6. The fourth-order valence-corrected chi connectivity index (χ4v) is 5.26. The standard InChI is InChI=1S/C22H31N3O3/c1-23-21(27)19-4-2-3-16-13-25(22(28)20(16)19)18-9-11-24(12-10-18)17-7-5-15(14-26)6-8-17/h2-4,15,17-18,26H,5-14H2,1H3,(H,23,27)/t15-,17-. The van der Waals surface area contributed by atoms with Crippen LogP contribution in [-0.2, 0) is 6.54 Å². The minimum Gasteiger partial charge on any atom is -0.396 e. The van der Waals surface area contributed by atoms with Crippen LogP contribution >= 0.6 is 0 Å². The lowest BCUT2D eigenvalue weighted by molar-refractivity contribution is 0.0458. The molecule has 6 heteroatoms. The predicted molar refractivity (Wildman–Crippen MR) is 107 cm³/mol. The van der Waals surface area contributed by atoms with E-state index in [1.807, 2.05) is 17.0 Å². The van der Waals surface area contributed by atoms with Crippen molar-refractivity contribution < 1.29 is 14.7 Å². The predicted octanol–water partition coefficient (Wildman–Crippen LogP) is 2.02. The summed E-state index contributed by atoms with van der Waals surface area (Å²) in [4.78, 5) is 29.8. The van der Waals surface area contributed by atoms with Crippen LogP contribution in [0.15, 0.2) is 18.2 Å². The van der Waals surface area contributed by atoms with Gasteiger partial charge in [-0.25, -0.2) is 0 Å². The minimum absolute atomic E-state index is 0.0103. The number of amides is 2. The average Bonchev–Trinajstić information content (AvgIpc) is 3.10. The van der Waals surface area contributed by atoms with E-state index in [0.29, 0.717) is 36.2 Å². The van der Waals surface area contributed by atoms with E-state index in [1.54, 1.807) is 13.1 Å². The molecule has 2 amide bonds. The lowest BCUT2D eigenvalue weighted by Crippen LogP contribution is -2.49. The van der Waals surface area contributed by atoms with Crippen LogP contribution in [0.4, 0.5) is 0 Å². The molecule has 1 aliphatic carbocycles. The van der Waals surface area contributed by atoms with Crippen molar-refractivity contribution in [3.05, 3.63) is 34.9 Å². The second-order valence-electron chi connectivity index (χ2n) is 8.48. The Hall–Kier alpha value is -1.92. The van der Waals surface area contributed by atoms with Gasteiger partial charge in [0.15, 0.2) is 0 Å². The van der Waals surface area contributed by atoms with Crippen LogP contribution in [0.1, 0.15) is 64.8 Å². The topological polar surface area (TPSA) is 72.9 Å². The normalized spacial score (nSPS) is 26.4. The van der Waals surface area contributed by atoms with Crippen LogP contribution in [0, 0.1) is 5.92 Å². The maximum Gasteiger partial charge on any atom is 0.255 e. The second kappa shape index (κ2) is 8.21. The maximum atomic E-state index is 13.1. The van der Waals surface area contributed by atoms with Gasteiger partial charge in [-0.05, 0) is 56.1 Å². The molecule has 2 N–H and O–H groups in total. The van der Waals surface area contributed by atoms with Crippen LogP contribution in [0.3, 0.4) is 0 Å². The molecule has 3 aliphatic rings. The smallest absolute Gasteiger partial charge is 0.255 e. The number of hydrogen-bond donors (Lipinski definition) is 2. The summed E-state index contributed by atoms with van der Waals surface area (Å²) in [6, 6.07) is 6.46. The molecule has 2 aliphatic heterocycles. The fourth-order valence-electron chi connectivity index (χ4n) is 5.26. The van der Waals surface area contributed by atoms with Gasteiger partial charge < -0.3 is 20.2 Å². The van der Waals surface area contributed by atoms with Crippen LogP contribution in [0.5, 0.6) is 0 Å². The molecular weight excluding hydrogens is 354 g/mol. The number of carbonyl (C=O) groups excluding carboxylic acids is 2. The van der Waals surface area contributed by atoms with E-state index in [4.69, 9.17) is 0 Å². The third kappa shape index (κ3) is 3.55. The summed E-state index contributed by atoms with van der Waals surface area (Å²) < 4.78 is 0. The highest BCUT2D eigenvalue weighted by Crippen LogP contribution is 2.33. The highest BCUT2D eigenvalue weighted by molar-refractivity contribution is 6.09. The molecule has 0 radical (unpaired) electrons. The Balaban J connectivity index is 1.38. The first kappa shape index (κ1) is 19.4. The fraction of sp³-hybridized carbons (Fsp3) is 0.636. The van der Waals surface area contributed by atoms with Crippen LogP contribution in [0.25, 0.3) is 0 Å². The van der Waals surface area contributed by atoms with E-state index in [2.05, 4.69) is 10.2 Å². The molecular formula is C22H31N3O3. The van der Waals surface area contributed by atoms with E-state index in [9.17, 15) is 14.7 Å². The lowest BCUT2D eigenvalue weighted by Gasteiger charge is -2.42. The number of nitrogens with zero attached hydrogens (tertiary/aromatic N) is 2. The molecule has 0 spiro atoms. The molecule has 6 nitrogen and oxygen atoms in total. The highest BCUT2D eigenvalue weighted by atomic mass is 16.3. The first-order chi connectivity index (χ1) is 13.6. The maximum absolute atomic E-state index is 13.1. The van der Waals surface area contributed by atoms with Crippen molar-refractivity contribution in [2.45, 2.75) is 57.2 Å². The molecule has 2 heterocycles. The van der Waals surface area contributed by atoms with Gasteiger partial charge in [0.25, 0.3) is 11.8 Å². The summed E-state index contributed by atoms with van der Waals surface area (Å²) in [5.74, 6) is 0.306. The molecule has 28 heavy (non-hydrogen) atoms. The van der Waals surface area contributed by atoms with Crippen molar-refractivity contribution >= 4 is 11.8 Å². The number of aliphatic hydroxyl groups is 1. The van der Waals surface area contributed by atoms with Crippen molar-refractivity contribution in [1.82, 2.24) is 15.1 Å². The van der Waals surface area contributed by atoms with Gasteiger partial charge in [-0.2, -0.15) is 0 Å². The molecule has 1 saturated carbocycles. The number of carbonyl (C=O) groups is 2. The van der Waals surface area contributed by atoms with Crippen molar-refractivity contribution in [3.63, 3.8) is 0 Å². The molecule has 4 rings (SSSR count). The SMILES string of the molecule is CNC(=O)c1cccc2c1C(=O)N(C1CCN([C@H]3CC[C@H](CO)CC3)CC1)C2. The van der Waals surface area contributed by atoms with Gasteiger partial charge in [0, 0.05) is 45.4 Å². The summed E-state index contributed by atoms with van der Waals surface area (Å²) in [5.41, 5.74) is 2.05. The van der Waals surface area contributed by atoms with Crippen LogP contribution in [0.2, 0.25) is 0 Å². The van der Waals surface area contributed by atoms with E-state index in [0.717, 1.165) is 44.3 Å². The monoisotopic (exact) mass is 385 g/mol. The molecule has 1 aromatic rings. The number of piperidine rings is 1. The zero-order chi connectivity index (χ0) is 19.7. The van der Waals surface area contributed by atoms with Gasteiger partial charge in [0.05, 0.1) is 11.1 Å². The van der Waals surface area contributed by atoms with Crippen molar-refractivity contribution in [1.29, 1.82) is 0 Å². The van der Waals surface area contributed by atoms with Gasteiger partial charge in [-0.15, -0.1) is 0 Å². The molecule has 0 atom stereocenters. The quantitative estimate of drug-likeness (QED) is 0.832. The average molecular weight is 386 g/mol. The Morgan fingerprint density at radius 3 is 2.46 bits per heavy atom. The Morgan fingerprint density at radius 2 is 1.82 bits per heavy atom. The van der Waals surface area contributed by atoms with Gasteiger partial charge >= 0.3 is 0 Å². The highest BCUT2D eigenvalue weighted by Gasteiger charge is 2.38. The lowest BCUT2D eigenvalue weighted by atomic mass is 9.85. The van der Waals surface area contributed by atoms with E-state index in [1.165, 1.54) is 12.8 Å². The molecule has 0 unspecified atom stereocenters. The molecule has 0 aromatic heterocycles.